The molecular formula is C16H23N3O. The minimum absolute atomic E-state index is 0.808. The second kappa shape index (κ2) is 8.38. The number of aryl methyl sites for hydroxylation is 1. The molecular weight excluding hydrogens is 250 g/mol. The van der Waals surface area contributed by atoms with Crippen LogP contribution in [0.1, 0.15) is 26.2 Å². The van der Waals surface area contributed by atoms with Crippen LogP contribution in [0.2, 0.25) is 0 Å². The van der Waals surface area contributed by atoms with Gasteiger partial charge in [-0.3, -0.25) is 0 Å². The monoisotopic (exact) mass is 273 g/mol. The van der Waals surface area contributed by atoms with E-state index in [0.29, 0.717) is 0 Å². The van der Waals surface area contributed by atoms with Gasteiger partial charge in [0, 0.05) is 37.8 Å². The summed E-state index contributed by atoms with van der Waals surface area (Å²) in [5, 5.41) is 3.32. The third-order valence-corrected chi connectivity index (χ3v) is 3.08. The predicted molar refractivity (Wildman–Crippen MR) is 82.3 cm³/mol. The Balaban J connectivity index is 1.77. The zero-order valence-electron chi connectivity index (χ0n) is 12.1. The Labute approximate surface area is 120 Å². The SMILES string of the molecule is CCCCOCCCn1ccnc1Nc1ccccc1. The molecule has 0 fully saturated rings. The molecule has 2 rings (SSSR count). The van der Waals surface area contributed by atoms with Crippen LogP contribution in [0, 0.1) is 0 Å². The van der Waals surface area contributed by atoms with E-state index in [1.807, 2.05) is 42.7 Å². The topological polar surface area (TPSA) is 39.1 Å². The van der Waals surface area contributed by atoms with Crippen LogP contribution in [0.5, 0.6) is 0 Å². The maximum Gasteiger partial charge on any atom is 0.207 e. The molecule has 1 aromatic carbocycles. The Kier molecular flexibility index (Phi) is 6.11. The van der Waals surface area contributed by atoms with Gasteiger partial charge < -0.3 is 14.6 Å². The highest BCUT2D eigenvalue weighted by atomic mass is 16.5. The highest BCUT2D eigenvalue weighted by molar-refractivity contribution is 5.52. The molecule has 0 amide bonds. The molecule has 0 atom stereocenters. The van der Waals surface area contributed by atoms with Gasteiger partial charge in [0.1, 0.15) is 0 Å². The molecule has 4 nitrogen and oxygen atoms in total. The molecule has 0 spiro atoms. The molecule has 0 bridgehead atoms. The van der Waals surface area contributed by atoms with E-state index in [9.17, 15) is 0 Å². The van der Waals surface area contributed by atoms with Gasteiger partial charge in [-0.15, -0.1) is 0 Å². The summed E-state index contributed by atoms with van der Waals surface area (Å²) >= 11 is 0. The number of aromatic nitrogens is 2. The highest BCUT2D eigenvalue weighted by Gasteiger charge is 2.02. The minimum Gasteiger partial charge on any atom is -0.381 e. The third-order valence-electron chi connectivity index (χ3n) is 3.08. The fourth-order valence-electron chi connectivity index (χ4n) is 1.95. The van der Waals surface area contributed by atoms with Crippen LogP contribution in [0.25, 0.3) is 0 Å². The number of hydrogen-bond acceptors (Lipinski definition) is 3. The van der Waals surface area contributed by atoms with Crippen LogP contribution in [-0.2, 0) is 11.3 Å². The second-order valence-electron chi connectivity index (χ2n) is 4.75. The average Bonchev–Trinajstić information content (AvgIpc) is 2.91. The molecule has 1 aromatic heterocycles. The van der Waals surface area contributed by atoms with Crippen molar-refractivity contribution in [2.75, 3.05) is 18.5 Å². The van der Waals surface area contributed by atoms with Crippen LogP contribution in [0.3, 0.4) is 0 Å². The van der Waals surface area contributed by atoms with E-state index < -0.39 is 0 Å². The number of anilines is 2. The lowest BCUT2D eigenvalue weighted by Crippen LogP contribution is -2.06. The van der Waals surface area contributed by atoms with Crippen LogP contribution in [-0.4, -0.2) is 22.8 Å². The van der Waals surface area contributed by atoms with Gasteiger partial charge in [0.2, 0.25) is 5.95 Å². The van der Waals surface area contributed by atoms with Crippen molar-refractivity contribution in [3.63, 3.8) is 0 Å². The van der Waals surface area contributed by atoms with E-state index in [-0.39, 0.29) is 0 Å². The molecule has 0 aliphatic rings. The molecule has 108 valence electrons. The summed E-state index contributed by atoms with van der Waals surface area (Å²) < 4.78 is 7.70. The van der Waals surface area contributed by atoms with Crippen molar-refractivity contribution in [2.24, 2.45) is 0 Å². The van der Waals surface area contributed by atoms with Crippen molar-refractivity contribution in [3.8, 4) is 0 Å². The summed E-state index contributed by atoms with van der Waals surface area (Å²) in [5.41, 5.74) is 1.05. The fraction of sp³-hybridized carbons (Fsp3) is 0.438. The molecule has 0 aliphatic carbocycles. The summed E-state index contributed by atoms with van der Waals surface area (Å²) in [7, 11) is 0. The lowest BCUT2D eigenvalue weighted by Gasteiger charge is -2.10. The minimum atomic E-state index is 0.808. The normalized spacial score (nSPS) is 10.7. The van der Waals surface area contributed by atoms with Crippen LogP contribution < -0.4 is 5.32 Å². The van der Waals surface area contributed by atoms with Gasteiger partial charge in [-0.2, -0.15) is 0 Å². The molecule has 0 radical (unpaired) electrons. The smallest absolute Gasteiger partial charge is 0.207 e. The largest absolute Gasteiger partial charge is 0.381 e. The summed E-state index contributed by atoms with van der Waals surface area (Å²) in [5.74, 6) is 0.879. The number of rotatable bonds is 9. The Hall–Kier alpha value is -1.81. The molecule has 0 saturated carbocycles. The first-order valence-electron chi connectivity index (χ1n) is 7.31. The Morgan fingerprint density at radius 2 is 1.95 bits per heavy atom. The highest BCUT2D eigenvalue weighted by Crippen LogP contribution is 2.14. The lowest BCUT2D eigenvalue weighted by molar-refractivity contribution is 0.126. The molecule has 1 heterocycles. The fourth-order valence-corrected chi connectivity index (χ4v) is 1.95. The average molecular weight is 273 g/mol. The van der Waals surface area contributed by atoms with Crippen molar-refractivity contribution in [3.05, 3.63) is 42.7 Å². The maximum absolute atomic E-state index is 5.58. The van der Waals surface area contributed by atoms with Gasteiger partial charge in [-0.05, 0) is 25.0 Å². The third kappa shape index (κ3) is 4.70. The first kappa shape index (κ1) is 14.6. The number of benzene rings is 1. The van der Waals surface area contributed by atoms with E-state index in [1.165, 1.54) is 6.42 Å². The predicted octanol–water partition coefficient (Wildman–Crippen LogP) is 3.83. The molecule has 2 aromatic rings. The molecule has 0 saturated heterocycles. The summed E-state index contributed by atoms with van der Waals surface area (Å²) in [6.07, 6.45) is 7.16. The number of hydrogen-bond donors (Lipinski definition) is 1. The second-order valence-corrected chi connectivity index (χ2v) is 4.75. The zero-order valence-corrected chi connectivity index (χ0v) is 12.1. The van der Waals surface area contributed by atoms with E-state index in [0.717, 1.165) is 44.2 Å². The Morgan fingerprint density at radius 3 is 2.75 bits per heavy atom. The number of ether oxygens (including phenoxy) is 1. The summed E-state index contributed by atoms with van der Waals surface area (Å²) in [4.78, 5) is 4.35. The van der Waals surface area contributed by atoms with Crippen molar-refractivity contribution in [1.29, 1.82) is 0 Å². The summed E-state index contributed by atoms with van der Waals surface area (Å²) in [6, 6.07) is 10.1. The first-order valence-corrected chi connectivity index (χ1v) is 7.31. The molecule has 4 heteroatoms. The van der Waals surface area contributed by atoms with Crippen molar-refractivity contribution >= 4 is 11.6 Å². The molecule has 0 unspecified atom stereocenters. The zero-order chi connectivity index (χ0) is 14.0. The number of nitrogens with one attached hydrogen (secondary N) is 1. The van der Waals surface area contributed by atoms with Crippen molar-refractivity contribution < 1.29 is 4.74 Å². The first-order chi connectivity index (χ1) is 9.90. The van der Waals surface area contributed by atoms with Crippen LogP contribution in [0.15, 0.2) is 42.7 Å². The number of unbranched alkanes of at least 4 members (excludes halogenated alkanes) is 1. The van der Waals surface area contributed by atoms with E-state index in [4.69, 9.17) is 4.74 Å². The number of para-hydroxylation sites is 1. The van der Waals surface area contributed by atoms with Gasteiger partial charge in [-0.1, -0.05) is 31.5 Å². The van der Waals surface area contributed by atoms with Crippen LogP contribution in [0.4, 0.5) is 11.6 Å². The van der Waals surface area contributed by atoms with Gasteiger partial charge in [-0.25, -0.2) is 4.98 Å². The Morgan fingerprint density at radius 1 is 1.15 bits per heavy atom. The van der Waals surface area contributed by atoms with Gasteiger partial charge in [0.05, 0.1) is 0 Å². The number of nitrogens with zero attached hydrogens (tertiary/aromatic N) is 2. The van der Waals surface area contributed by atoms with Crippen LogP contribution >= 0.6 is 0 Å². The van der Waals surface area contributed by atoms with Gasteiger partial charge >= 0.3 is 0 Å². The van der Waals surface area contributed by atoms with Gasteiger partial charge in [0.25, 0.3) is 0 Å². The maximum atomic E-state index is 5.58. The molecule has 20 heavy (non-hydrogen) atoms. The number of imidazole rings is 1. The lowest BCUT2D eigenvalue weighted by atomic mass is 10.3. The van der Waals surface area contributed by atoms with E-state index in [2.05, 4.69) is 21.8 Å². The van der Waals surface area contributed by atoms with Crippen molar-refractivity contribution in [1.82, 2.24) is 9.55 Å². The Bertz CT molecular complexity index is 481. The molecule has 1 N–H and O–H groups in total. The van der Waals surface area contributed by atoms with Crippen molar-refractivity contribution in [2.45, 2.75) is 32.7 Å². The quantitative estimate of drug-likeness (QED) is 0.706. The molecule has 0 aliphatic heterocycles. The summed E-state index contributed by atoms with van der Waals surface area (Å²) in [6.45, 7) is 4.77. The van der Waals surface area contributed by atoms with E-state index >= 15 is 0 Å². The van der Waals surface area contributed by atoms with E-state index in [1.54, 1.807) is 0 Å². The van der Waals surface area contributed by atoms with Gasteiger partial charge in [0.15, 0.2) is 0 Å². The standard InChI is InChI=1S/C16H23N3O/c1-2-3-13-20-14-7-11-19-12-10-17-16(19)18-15-8-5-4-6-9-15/h4-6,8-10,12H,2-3,7,11,13-14H2,1H3,(H,17,18).